The summed E-state index contributed by atoms with van der Waals surface area (Å²) in [6.07, 6.45) is 5.06. The van der Waals surface area contributed by atoms with Crippen LogP contribution >= 0.6 is 0 Å². The van der Waals surface area contributed by atoms with Crippen LogP contribution in [0.4, 0.5) is 5.95 Å². The van der Waals surface area contributed by atoms with Gasteiger partial charge in [0.2, 0.25) is 5.95 Å². The van der Waals surface area contributed by atoms with Gasteiger partial charge in [-0.15, -0.1) is 0 Å². The zero-order valence-electron chi connectivity index (χ0n) is 20.7. The third-order valence-electron chi connectivity index (χ3n) is 5.55. The predicted molar refractivity (Wildman–Crippen MR) is 138 cm³/mol. The first-order valence-electron chi connectivity index (χ1n) is 11.5. The number of aryl methyl sites for hydroxylation is 1. The molecule has 1 fully saturated rings. The van der Waals surface area contributed by atoms with E-state index in [-0.39, 0.29) is 41.3 Å². The number of aromatic nitrogens is 10. The van der Waals surface area contributed by atoms with E-state index in [2.05, 4.69) is 50.3 Å². The van der Waals surface area contributed by atoms with E-state index in [1.165, 1.54) is 35.8 Å². The number of nitrogens with two attached hydrogens (primary N) is 1. The Hall–Kier alpha value is -5.11. The minimum atomic E-state index is -0.816. The molecule has 1 aliphatic heterocycles. The first-order valence-corrected chi connectivity index (χ1v) is 11.5. The summed E-state index contributed by atoms with van der Waals surface area (Å²) in [6, 6.07) is 0. The van der Waals surface area contributed by atoms with Crippen molar-refractivity contribution < 1.29 is 14.9 Å². The normalized spacial score (nSPS) is 18.1. The maximum Gasteiger partial charge on any atom is 0.330 e. The molecular formula is C21H24N12O7. The minimum Gasteiger partial charge on any atom is -0.394 e. The first kappa shape index (κ1) is 27.9. The molecular weight excluding hydrogens is 532 g/mol. The average molecular weight is 557 g/mol. The highest BCUT2D eigenvalue weighted by atomic mass is 16.5. The highest BCUT2D eigenvalue weighted by Crippen LogP contribution is 2.27. The first-order chi connectivity index (χ1) is 19.2. The second-order valence-electron chi connectivity index (χ2n) is 8.21. The van der Waals surface area contributed by atoms with Crippen molar-refractivity contribution in [1.29, 1.82) is 0 Å². The Balaban J connectivity index is 0.000000143. The van der Waals surface area contributed by atoms with E-state index < -0.39 is 29.7 Å². The highest BCUT2D eigenvalue weighted by molar-refractivity contribution is 5.68. The van der Waals surface area contributed by atoms with E-state index in [1.54, 1.807) is 6.92 Å². The van der Waals surface area contributed by atoms with Gasteiger partial charge >= 0.3 is 5.69 Å². The molecule has 5 aromatic rings. The third-order valence-corrected chi connectivity index (χ3v) is 5.55. The summed E-state index contributed by atoms with van der Waals surface area (Å²) < 4.78 is 6.54. The highest BCUT2D eigenvalue weighted by Gasteiger charge is 2.34. The van der Waals surface area contributed by atoms with Crippen molar-refractivity contribution >= 4 is 28.3 Å². The largest absolute Gasteiger partial charge is 0.394 e. The van der Waals surface area contributed by atoms with Gasteiger partial charge < -0.3 is 24.9 Å². The van der Waals surface area contributed by atoms with Gasteiger partial charge in [0.1, 0.15) is 12.3 Å². The lowest BCUT2D eigenvalue weighted by Crippen LogP contribution is -2.33. The van der Waals surface area contributed by atoms with Crippen LogP contribution in [0.25, 0.3) is 22.3 Å². The molecule has 40 heavy (non-hydrogen) atoms. The Kier molecular flexibility index (Phi) is 8.49. The maximum absolute atomic E-state index is 11.6. The number of anilines is 1. The second-order valence-corrected chi connectivity index (χ2v) is 8.21. The fourth-order valence-electron chi connectivity index (χ4n) is 3.57. The number of fused-ring (bicyclic) bond motifs is 2. The lowest BCUT2D eigenvalue weighted by Gasteiger charge is -2.14. The number of rotatable bonds is 3. The van der Waals surface area contributed by atoms with E-state index in [0.717, 1.165) is 0 Å². The number of aromatic amines is 4. The zero-order chi connectivity index (χ0) is 28.8. The molecule has 0 saturated carbocycles. The number of nitrogen functional groups attached to an aromatic ring is 1. The molecule has 0 aliphatic carbocycles. The molecule has 9 N–H and O–H groups in total. The molecule has 1 aliphatic rings. The topological polar surface area (TPSA) is 289 Å². The van der Waals surface area contributed by atoms with Crippen LogP contribution in [0, 0.1) is 6.92 Å². The Bertz CT molecular complexity index is 1840. The summed E-state index contributed by atoms with van der Waals surface area (Å²) in [7, 11) is 0. The van der Waals surface area contributed by atoms with Crippen molar-refractivity contribution in [3.05, 3.63) is 78.4 Å². The van der Waals surface area contributed by atoms with Crippen molar-refractivity contribution in [3.63, 3.8) is 0 Å². The van der Waals surface area contributed by atoms with Crippen LogP contribution in [0.15, 0.2) is 50.4 Å². The molecule has 6 heterocycles. The van der Waals surface area contributed by atoms with Crippen molar-refractivity contribution in [1.82, 2.24) is 49.4 Å². The Morgan fingerprint density at radius 1 is 1.02 bits per heavy atom. The SMILES string of the molecule is Cc1cn([C@H]2C[C@H](O)[C@@H](CO)O2)c(=O)[nH]c1=O.NNc1nc2nccnc2c(=O)[nH]1.O=c1[nH]cnc2nc[nH]c12. The van der Waals surface area contributed by atoms with Crippen molar-refractivity contribution in [2.45, 2.75) is 31.8 Å². The van der Waals surface area contributed by atoms with Gasteiger partial charge in [-0.2, -0.15) is 4.98 Å². The van der Waals surface area contributed by atoms with Crippen molar-refractivity contribution in [2.75, 3.05) is 12.0 Å². The monoisotopic (exact) mass is 556 g/mol. The molecule has 6 rings (SSSR count). The molecule has 0 bridgehead atoms. The molecule has 0 spiro atoms. The molecule has 0 aromatic carbocycles. The van der Waals surface area contributed by atoms with E-state index in [9.17, 15) is 24.3 Å². The Morgan fingerprint density at radius 3 is 2.42 bits per heavy atom. The molecule has 5 aromatic heterocycles. The summed E-state index contributed by atoms with van der Waals surface area (Å²) in [5, 5.41) is 18.5. The molecule has 3 atom stereocenters. The lowest BCUT2D eigenvalue weighted by atomic mass is 10.2. The van der Waals surface area contributed by atoms with Crippen LogP contribution < -0.4 is 33.6 Å². The predicted octanol–water partition coefficient (Wildman–Crippen LogP) is -2.87. The third kappa shape index (κ3) is 6.13. The number of H-pyrrole nitrogens is 4. The van der Waals surface area contributed by atoms with Crippen LogP contribution in [-0.2, 0) is 4.74 Å². The summed E-state index contributed by atoms with van der Waals surface area (Å²) in [5.41, 5.74) is 2.35. The Labute approximate surface area is 221 Å². The number of ether oxygens (including phenoxy) is 1. The van der Waals surface area contributed by atoms with Crippen molar-refractivity contribution in [3.8, 4) is 0 Å². The summed E-state index contributed by atoms with van der Waals surface area (Å²) >= 11 is 0. The Morgan fingerprint density at radius 2 is 1.75 bits per heavy atom. The van der Waals surface area contributed by atoms with Crippen LogP contribution in [0.3, 0.4) is 0 Å². The number of aliphatic hydroxyl groups excluding tert-OH is 2. The van der Waals surface area contributed by atoms with Gasteiger partial charge in [-0.05, 0) is 6.92 Å². The van der Waals surface area contributed by atoms with Gasteiger partial charge in [0.05, 0.1) is 25.4 Å². The van der Waals surface area contributed by atoms with Gasteiger partial charge in [0.25, 0.3) is 16.7 Å². The van der Waals surface area contributed by atoms with Crippen LogP contribution in [0.5, 0.6) is 0 Å². The van der Waals surface area contributed by atoms with E-state index >= 15 is 0 Å². The summed E-state index contributed by atoms with van der Waals surface area (Å²) in [4.78, 5) is 73.7. The number of hydrazine groups is 1. The van der Waals surface area contributed by atoms with E-state index in [0.29, 0.717) is 16.7 Å². The van der Waals surface area contributed by atoms with Crippen molar-refractivity contribution in [2.24, 2.45) is 5.84 Å². The molecule has 19 nitrogen and oxygen atoms in total. The summed E-state index contributed by atoms with van der Waals surface area (Å²) in [6.45, 7) is 1.26. The van der Waals surface area contributed by atoms with Gasteiger partial charge in [-0.3, -0.25) is 34.3 Å². The minimum absolute atomic E-state index is 0.165. The molecule has 1 saturated heterocycles. The average Bonchev–Trinajstić information content (AvgIpc) is 3.58. The number of imidazole rings is 1. The van der Waals surface area contributed by atoms with Crippen LogP contribution in [0.1, 0.15) is 18.2 Å². The fourth-order valence-corrected chi connectivity index (χ4v) is 3.57. The molecule has 0 unspecified atom stereocenters. The number of hydrogen-bond donors (Lipinski definition) is 8. The fraction of sp³-hybridized carbons (Fsp3) is 0.286. The zero-order valence-corrected chi connectivity index (χ0v) is 20.7. The molecule has 0 amide bonds. The molecule has 0 radical (unpaired) electrons. The number of hydrogen-bond acceptors (Lipinski definition) is 14. The molecule has 210 valence electrons. The number of nitrogens with zero attached hydrogens (tertiary/aromatic N) is 6. The smallest absolute Gasteiger partial charge is 0.330 e. The van der Waals surface area contributed by atoms with Gasteiger partial charge in [0, 0.05) is 30.6 Å². The van der Waals surface area contributed by atoms with Gasteiger partial charge in [-0.25, -0.2) is 30.6 Å². The lowest BCUT2D eigenvalue weighted by molar-refractivity contribution is -0.0459. The molecule has 19 heteroatoms. The maximum atomic E-state index is 11.6. The van der Waals surface area contributed by atoms with Gasteiger partial charge in [0.15, 0.2) is 22.3 Å². The second kappa shape index (κ2) is 12.2. The number of aliphatic hydroxyl groups is 2. The summed E-state index contributed by atoms with van der Waals surface area (Å²) in [5.74, 6) is 5.24. The van der Waals surface area contributed by atoms with Gasteiger partial charge in [-0.1, -0.05) is 0 Å². The van der Waals surface area contributed by atoms with Crippen LogP contribution in [0.2, 0.25) is 0 Å². The van der Waals surface area contributed by atoms with E-state index in [4.69, 9.17) is 15.7 Å². The quantitative estimate of drug-likeness (QED) is 0.0819. The standard InChI is InChI=1S/C10H14N2O5.C6H6N6O.C5H4N4O/c1-5-3-12(10(16)11-9(5)15)8-2-6(14)7(4-13)17-8;7-12-6-10-4-3(5(13)11-6)8-1-2-9-4;10-5-3-4(7-1-6-3)8-2-9-5/h3,6-8,13-14H,2,4H2,1H3,(H,11,15,16);1-2H,7H2,(H2,9,10,11,12,13);1-2H,(H2,6,7,8,9,10)/t6-,7+,8+;;/m0../s1. The van der Waals surface area contributed by atoms with Crippen LogP contribution in [-0.4, -0.2) is 78.5 Å². The van der Waals surface area contributed by atoms with E-state index in [1.807, 2.05) is 0 Å². The number of nitrogens with one attached hydrogen (secondary N) is 5.